The number of unbranched alkanes of at least 4 members (excludes halogenated alkanes) is 4. The monoisotopic (exact) mass is 238 g/mol. The maximum absolute atomic E-state index is 9.29. The van der Waals surface area contributed by atoms with Gasteiger partial charge in [-0.15, -0.1) is 29.8 Å². The predicted molar refractivity (Wildman–Crippen MR) is 64.3 cm³/mol. The van der Waals surface area contributed by atoms with Crippen LogP contribution < -0.4 is 0 Å². The molecule has 0 fully saturated rings. The van der Waals surface area contributed by atoms with Gasteiger partial charge in [-0.05, 0) is 19.3 Å². The largest absolute Gasteiger partial charge is 0.390 e. The van der Waals surface area contributed by atoms with Crippen LogP contribution in [-0.4, -0.2) is 22.5 Å². The molecular weight excluding hydrogens is 219 g/mol. The van der Waals surface area contributed by atoms with Gasteiger partial charge in [0.25, 0.3) is 0 Å². The quantitative estimate of drug-likeness (QED) is 0.369. The Balaban J connectivity index is 3.22. The minimum atomic E-state index is -0.563. The van der Waals surface area contributed by atoms with Crippen molar-refractivity contribution in [2.75, 3.05) is 5.88 Å². The number of hydrogen-bond acceptors (Lipinski definition) is 1. The molecule has 84 valence electrons. The molecule has 0 aromatic carbocycles. The van der Waals surface area contributed by atoms with E-state index < -0.39 is 6.10 Å². The molecule has 0 radical (unpaired) electrons. The molecule has 0 aliphatic carbocycles. The van der Waals surface area contributed by atoms with Crippen LogP contribution in [0.15, 0.2) is 12.7 Å². The summed E-state index contributed by atoms with van der Waals surface area (Å²) in [5.41, 5.74) is 0. The molecule has 1 N–H and O–H groups in total. The van der Waals surface area contributed by atoms with Gasteiger partial charge in [-0.25, -0.2) is 0 Å². The SMILES string of the molecule is C=CCCCCCCC(Cl)C(O)CCl. The van der Waals surface area contributed by atoms with E-state index in [4.69, 9.17) is 23.2 Å². The molecule has 14 heavy (non-hydrogen) atoms. The molecule has 0 saturated heterocycles. The van der Waals surface area contributed by atoms with E-state index in [0.717, 1.165) is 19.3 Å². The van der Waals surface area contributed by atoms with Crippen molar-refractivity contribution in [3.63, 3.8) is 0 Å². The Labute approximate surface area is 97.1 Å². The predicted octanol–water partition coefficient (Wildman–Crippen LogP) is 3.72. The molecule has 0 aromatic rings. The van der Waals surface area contributed by atoms with Crippen molar-refractivity contribution < 1.29 is 5.11 Å². The normalized spacial score (nSPS) is 15.1. The topological polar surface area (TPSA) is 20.2 Å². The maximum atomic E-state index is 9.29. The lowest BCUT2D eigenvalue weighted by atomic mass is 10.1. The van der Waals surface area contributed by atoms with Crippen molar-refractivity contribution in [2.45, 2.75) is 50.0 Å². The van der Waals surface area contributed by atoms with Gasteiger partial charge >= 0.3 is 0 Å². The second-order valence-electron chi connectivity index (χ2n) is 3.52. The number of alkyl halides is 2. The van der Waals surface area contributed by atoms with Crippen LogP contribution in [0, 0.1) is 0 Å². The van der Waals surface area contributed by atoms with E-state index in [1.165, 1.54) is 19.3 Å². The van der Waals surface area contributed by atoms with Crippen LogP contribution in [0.5, 0.6) is 0 Å². The average Bonchev–Trinajstić information content (AvgIpc) is 2.21. The molecule has 0 aliphatic rings. The molecule has 3 heteroatoms. The standard InChI is InChI=1S/C11H20Cl2O/c1-2-3-4-5-6-7-8-10(13)11(14)9-12/h2,10-11,14H,1,3-9H2. The minimum Gasteiger partial charge on any atom is -0.390 e. The zero-order valence-electron chi connectivity index (χ0n) is 8.59. The Hall–Kier alpha value is 0.280. The Morgan fingerprint density at radius 2 is 1.86 bits per heavy atom. The summed E-state index contributed by atoms with van der Waals surface area (Å²) in [7, 11) is 0. The second-order valence-corrected chi connectivity index (χ2v) is 4.39. The molecule has 0 aromatic heterocycles. The fourth-order valence-electron chi connectivity index (χ4n) is 1.27. The third-order valence-corrected chi connectivity index (χ3v) is 3.04. The van der Waals surface area contributed by atoms with Crippen molar-refractivity contribution in [1.29, 1.82) is 0 Å². The third-order valence-electron chi connectivity index (χ3n) is 2.21. The van der Waals surface area contributed by atoms with Crippen LogP contribution in [-0.2, 0) is 0 Å². The molecule has 0 amide bonds. The molecule has 2 unspecified atom stereocenters. The summed E-state index contributed by atoms with van der Waals surface area (Å²) in [6.45, 7) is 3.67. The summed E-state index contributed by atoms with van der Waals surface area (Å²) in [6.07, 6.45) is 7.98. The Bertz CT molecular complexity index is 139. The van der Waals surface area contributed by atoms with E-state index in [2.05, 4.69) is 6.58 Å². The molecule has 1 nitrogen and oxygen atoms in total. The summed E-state index contributed by atoms with van der Waals surface area (Å²) in [6, 6.07) is 0. The average molecular weight is 239 g/mol. The molecule has 0 bridgehead atoms. The number of aliphatic hydroxyl groups is 1. The fourth-order valence-corrected chi connectivity index (χ4v) is 1.82. The van der Waals surface area contributed by atoms with E-state index >= 15 is 0 Å². The highest BCUT2D eigenvalue weighted by Crippen LogP contribution is 2.15. The van der Waals surface area contributed by atoms with Crippen molar-refractivity contribution in [1.82, 2.24) is 0 Å². The summed E-state index contributed by atoms with van der Waals surface area (Å²) in [5.74, 6) is 0.227. The zero-order chi connectivity index (χ0) is 10.8. The van der Waals surface area contributed by atoms with E-state index in [9.17, 15) is 5.11 Å². The highest BCUT2D eigenvalue weighted by Gasteiger charge is 2.14. The van der Waals surface area contributed by atoms with Crippen LogP contribution >= 0.6 is 23.2 Å². The molecule has 0 spiro atoms. The third kappa shape index (κ3) is 7.66. The summed E-state index contributed by atoms with van der Waals surface area (Å²) in [4.78, 5) is 0. The summed E-state index contributed by atoms with van der Waals surface area (Å²) in [5, 5.41) is 9.10. The smallest absolute Gasteiger partial charge is 0.0838 e. The van der Waals surface area contributed by atoms with Crippen LogP contribution in [0.25, 0.3) is 0 Å². The van der Waals surface area contributed by atoms with Gasteiger partial charge in [0.05, 0.1) is 11.5 Å². The van der Waals surface area contributed by atoms with Gasteiger partial charge < -0.3 is 5.11 Å². The lowest BCUT2D eigenvalue weighted by Crippen LogP contribution is -2.22. The first-order valence-electron chi connectivity index (χ1n) is 5.21. The molecular formula is C11H20Cl2O. The molecule has 0 rings (SSSR count). The number of halogens is 2. The van der Waals surface area contributed by atoms with E-state index in [-0.39, 0.29) is 11.3 Å². The van der Waals surface area contributed by atoms with Crippen LogP contribution in [0.4, 0.5) is 0 Å². The number of rotatable bonds is 9. The van der Waals surface area contributed by atoms with Crippen LogP contribution in [0.1, 0.15) is 38.5 Å². The van der Waals surface area contributed by atoms with Crippen molar-refractivity contribution in [3.05, 3.63) is 12.7 Å². The number of allylic oxidation sites excluding steroid dienone is 1. The molecule has 2 atom stereocenters. The fraction of sp³-hybridized carbons (Fsp3) is 0.818. The van der Waals surface area contributed by atoms with Crippen molar-refractivity contribution in [2.24, 2.45) is 0 Å². The van der Waals surface area contributed by atoms with Gasteiger partial charge in [0.1, 0.15) is 0 Å². The van der Waals surface area contributed by atoms with Gasteiger partial charge in [-0.3, -0.25) is 0 Å². The Morgan fingerprint density at radius 1 is 1.21 bits per heavy atom. The zero-order valence-corrected chi connectivity index (χ0v) is 10.1. The molecule has 0 aliphatic heterocycles. The number of hydrogen-bond donors (Lipinski definition) is 1. The second kappa shape index (κ2) is 9.82. The van der Waals surface area contributed by atoms with Crippen molar-refractivity contribution >= 4 is 23.2 Å². The van der Waals surface area contributed by atoms with Gasteiger partial charge in [0.2, 0.25) is 0 Å². The van der Waals surface area contributed by atoms with E-state index in [0.29, 0.717) is 0 Å². The van der Waals surface area contributed by atoms with Gasteiger partial charge in [-0.1, -0.05) is 25.3 Å². The first-order chi connectivity index (χ1) is 6.72. The van der Waals surface area contributed by atoms with E-state index in [1.807, 2.05) is 6.08 Å². The minimum absolute atomic E-state index is 0.188. The van der Waals surface area contributed by atoms with Crippen molar-refractivity contribution in [3.8, 4) is 0 Å². The van der Waals surface area contributed by atoms with Gasteiger partial charge in [0, 0.05) is 5.88 Å². The van der Waals surface area contributed by atoms with Gasteiger partial charge in [-0.2, -0.15) is 0 Å². The van der Waals surface area contributed by atoms with Gasteiger partial charge in [0.15, 0.2) is 0 Å². The first kappa shape index (κ1) is 14.3. The first-order valence-corrected chi connectivity index (χ1v) is 6.18. The highest BCUT2D eigenvalue weighted by atomic mass is 35.5. The van der Waals surface area contributed by atoms with E-state index in [1.54, 1.807) is 0 Å². The summed E-state index contributed by atoms with van der Waals surface area (Å²) >= 11 is 11.4. The highest BCUT2D eigenvalue weighted by molar-refractivity contribution is 6.23. The lowest BCUT2D eigenvalue weighted by Gasteiger charge is -2.13. The Morgan fingerprint density at radius 3 is 2.43 bits per heavy atom. The van der Waals surface area contributed by atoms with Crippen LogP contribution in [0.3, 0.4) is 0 Å². The number of aliphatic hydroxyl groups excluding tert-OH is 1. The molecule has 0 heterocycles. The maximum Gasteiger partial charge on any atom is 0.0838 e. The molecule has 0 saturated carbocycles. The van der Waals surface area contributed by atoms with Crippen LogP contribution in [0.2, 0.25) is 0 Å². The summed E-state index contributed by atoms with van der Waals surface area (Å²) < 4.78 is 0. The Kier molecular flexibility index (Phi) is 10.0. The lowest BCUT2D eigenvalue weighted by molar-refractivity contribution is 0.187.